The van der Waals surface area contributed by atoms with Gasteiger partial charge >= 0.3 is 5.69 Å². The third-order valence-electron chi connectivity index (χ3n) is 5.01. The fourth-order valence-corrected chi connectivity index (χ4v) is 3.61. The third-order valence-corrected chi connectivity index (χ3v) is 5.01. The van der Waals surface area contributed by atoms with E-state index in [9.17, 15) is 9.59 Å². The summed E-state index contributed by atoms with van der Waals surface area (Å²) in [5, 5.41) is 0. The lowest BCUT2D eigenvalue weighted by Crippen LogP contribution is -2.39. The summed E-state index contributed by atoms with van der Waals surface area (Å²) in [5.74, 6) is 0.741. The average molecular weight is 365 g/mol. The van der Waals surface area contributed by atoms with Crippen molar-refractivity contribution < 1.29 is 0 Å². The summed E-state index contributed by atoms with van der Waals surface area (Å²) in [4.78, 5) is 32.4. The number of hydrogen-bond donors (Lipinski definition) is 0. The van der Waals surface area contributed by atoms with Crippen molar-refractivity contribution in [3.8, 4) is 0 Å². The van der Waals surface area contributed by atoms with Crippen LogP contribution < -0.4 is 16.1 Å². The molecule has 0 saturated heterocycles. The molecule has 1 aliphatic rings. The zero-order chi connectivity index (χ0) is 19.3. The van der Waals surface area contributed by atoms with E-state index in [1.54, 1.807) is 14.0 Å². The van der Waals surface area contributed by atoms with Gasteiger partial charge in [-0.25, -0.2) is 4.79 Å². The number of allylic oxidation sites excluding steroid dienone is 1. The van der Waals surface area contributed by atoms with Gasteiger partial charge in [-0.3, -0.25) is 13.9 Å². The standard InChI is InChI=1S/C20H23N5O2/c1-13(2)11-25-18(26)16-17(22(4)20(25)27)21-19-23(9-10-24(16)19)12-15-7-5-14(3)6-8-15/h5-8H,1,9-12H2,2-4H3. The lowest BCUT2D eigenvalue weighted by atomic mass is 10.1. The number of hydrogen-bond acceptors (Lipinski definition) is 4. The molecule has 1 aromatic carbocycles. The second kappa shape index (κ2) is 6.26. The molecule has 0 bridgehead atoms. The van der Waals surface area contributed by atoms with Crippen LogP contribution in [-0.2, 0) is 26.7 Å². The van der Waals surface area contributed by atoms with Crippen molar-refractivity contribution in [2.24, 2.45) is 7.05 Å². The smallest absolute Gasteiger partial charge is 0.332 e. The molecule has 0 spiro atoms. The Morgan fingerprint density at radius 1 is 1.19 bits per heavy atom. The van der Waals surface area contributed by atoms with Crippen molar-refractivity contribution in [1.29, 1.82) is 0 Å². The van der Waals surface area contributed by atoms with Gasteiger partial charge in [-0.1, -0.05) is 42.0 Å². The zero-order valence-electron chi connectivity index (χ0n) is 15.9. The first kappa shape index (κ1) is 17.3. The maximum Gasteiger partial charge on any atom is 0.332 e. The van der Waals surface area contributed by atoms with Gasteiger partial charge in [-0.2, -0.15) is 4.98 Å². The van der Waals surface area contributed by atoms with Gasteiger partial charge in [-0.05, 0) is 19.4 Å². The first-order chi connectivity index (χ1) is 12.9. The minimum Gasteiger partial charge on any atom is -0.336 e. The highest BCUT2D eigenvalue weighted by molar-refractivity contribution is 5.75. The molecule has 3 aromatic rings. The van der Waals surface area contributed by atoms with Gasteiger partial charge in [-0.15, -0.1) is 0 Å². The highest BCUT2D eigenvalue weighted by Gasteiger charge is 2.27. The molecule has 0 aliphatic carbocycles. The predicted molar refractivity (Wildman–Crippen MR) is 106 cm³/mol. The average Bonchev–Trinajstić information content (AvgIpc) is 3.19. The van der Waals surface area contributed by atoms with Gasteiger partial charge in [0.15, 0.2) is 11.2 Å². The number of imidazole rings is 1. The molecule has 7 heteroatoms. The van der Waals surface area contributed by atoms with E-state index in [1.165, 1.54) is 20.3 Å². The van der Waals surface area contributed by atoms with E-state index >= 15 is 0 Å². The van der Waals surface area contributed by atoms with E-state index in [4.69, 9.17) is 0 Å². The van der Waals surface area contributed by atoms with E-state index in [1.807, 2.05) is 4.57 Å². The van der Waals surface area contributed by atoms with Crippen LogP contribution >= 0.6 is 0 Å². The van der Waals surface area contributed by atoms with Crippen LogP contribution in [0.2, 0.25) is 0 Å². The number of benzene rings is 1. The summed E-state index contributed by atoms with van der Waals surface area (Å²) < 4.78 is 4.62. The minimum absolute atomic E-state index is 0.217. The highest BCUT2D eigenvalue weighted by Crippen LogP contribution is 2.26. The molecule has 3 heterocycles. The minimum atomic E-state index is -0.364. The quantitative estimate of drug-likeness (QED) is 0.662. The molecular formula is C20H23N5O2. The zero-order valence-corrected chi connectivity index (χ0v) is 15.9. The van der Waals surface area contributed by atoms with Gasteiger partial charge in [0.05, 0.1) is 6.54 Å². The van der Waals surface area contributed by atoms with Crippen molar-refractivity contribution in [3.63, 3.8) is 0 Å². The Morgan fingerprint density at radius 3 is 2.56 bits per heavy atom. The Balaban J connectivity index is 1.82. The molecule has 0 saturated carbocycles. The van der Waals surface area contributed by atoms with Gasteiger partial charge in [0.1, 0.15) is 0 Å². The molecule has 0 unspecified atom stereocenters. The number of anilines is 1. The number of aryl methyl sites for hydroxylation is 2. The SMILES string of the molecule is C=C(C)Cn1c(=O)c2c(nc3n2CCN3Cc2ccc(C)cc2)n(C)c1=O. The van der Waals surface area contributed by atoms with Crippen LogP contribution in [0.15, 0.2) is 46.0 Å². The van der Waals surface area contributed by atoms with Gasteiger partial charge in [0, 0.05) is 26.7 Å². The van der Waals surface area contributed by atoms with Crippen molar-refractivity contribution in [2.75, 3.05) is 11.4 Å². The number of fused-ring (bicyclic) bond motifs is 3. The van der Waals surface area contributed by atoms with Crippen molar-refractivity contribution >= 4 is 17.1 Å². The summed E-state index contributed by atoms with van der Waals surface area (Å²) >= 11 is 0. The highest BCUT2D eigenvalue weighted by atomic mass is 16.2. The fourth-order valence-electron chi connectivity index (χ4n) is 3.61. The first-order valence-corrected chi connectivity index (χ1v) is 9.01. The lowest BCUT2D eigenvalue weighted by Gasteiger charge is -2.16. The summed E-state index contributed by atoms with van der Waals surface area (Å²) in [7, 11) is 1.66. The number of nitrogens with zero attached hydrogens (tertiary/aromatic N) is 5. The normalized spacial score (nSPS) is 13.4. The molecule has 0 atom stereocenters. The maximum atomic E-state index is 13.0. The maximum absolute atomic E-state index is 13.0. The van der Waals surface area contributed by atoms with Gasteiger partial charge in [0.2, 0.25) is 5.95 Å². The first-order valence-electron chi connectivity index (χ1n) is 9.01. The second-order valence-corrected chi connectivity index (χ2v) is 7.33. The van der Waals surface area contributed by atoms with Crippen LogP contribution in [-0.4, -0.2) is 25.2 Å². The summed E-state index contributed by atoms with van der Waals surface area (Å²) in [6.45, 7) is 10.1. The molecule has 140 valence electrons. The molecule has 1 aliphatic heterocycles. The van der Waals surface area contributed by atoms with Crippen LogP contribution in [0.3, 0.4) is 0 Å². The molecule has 27 heavy (non-hydrogen) atoms. The van der Waals surface area contributed by atoms with E-state index in [2.05, 4.69) is 47.7 Å². The Morgan fingerprint density at radius 2 is 1.89 bits per heavy atom. The third kappa shape index (κ3) is 2.79. The number of aromatic nitrogens is 4. The molecular weight excluding hydrogens is 342 g/mol. The Bertz CT molecular complexity index is 1160. The van der Waals surface area contributed by atoms with Crippen LogP contribution in [0.1, 0.15) is 18.1 Å². The van der Waals surface area contributed by atoms with E-state index in [-0.39, 0.29) is 17.8 Å². The monoisotopic (exact) mass is 365 g/mol. The number of rotatable bonds is 4. The molecule has 4 rings (SSSR count). The van der Waals surface area contributed by atoms with Crippen molar-refractivity contribution in [2.45, 2.75) is 33.5 Å². The molecule has 7 nitrogen and oxygen atoms in total. The Kier molecular flexibility index (Phi) is 4.02. The van der Waals surface area contributed by atoms with Crippen LogP contribution in [0.5, 0.6) is 0 Å². The van der Waals surface area contributed by atoms with Crippen LogP contribution in [0.4, 0.5) is 5.95 Å². The van der Waals surface area contributed by atoms with Gasteiger partial charge in [0.25, 0.3) is 5.56 Å². The summed E-state index contributed by atoms with van der Waals surface area (Å²) in [5.41, 5.74) is 3.43. The summed E-state index contributed by atoms with van der Waals surface area (Å²) in [6.07, 6.45) is 0. The molecule has 0 fully saturated rings. The topological polar surface area (TPSA) is 65.1 Å². The van der Waals surface area contributed by atoms with E-state index in [0.717, 1.165) is 24.6 Å². The molecule has 0 amide bonds. The largest absolute Gasteiger partial charge is 0.336 e. The van der Waals surface area contributed by atoms with Crippen molar-refractivity contribution in [3.05, 3.63) is 68.4 Å². The van der Waals surface area contributed by atoms with Crippen molar-refractivity contribution in [1.82, 2.24) is 18.7 Å². The van der Waals surface area contributed by atoms with Crippen LogP contribution in [0.25, 0.3) is 11.2 Å². The van der Waals surface area contributed by atoms with Gasteiger partial charge < -0.3 is 9.47 Å². The molecule has 0 radical (unpaired) electrons. The molecule has 0 N–H and O–H groups in total. The van der Waals surface area contributed by atoms with Crippen LogP contribution in [0, 0.1) is 6.92 Å². The lowest BCUT2D eigenvalue weighted by molar-refractivity contribution is 0.646. The predicted octanol–water partition coefficient (Wildman–Crippen LogP) is 1.80. The Labute approximate surface area is 156 Å². The molecule has 2 aromatic heterocycles. The van der Waals surface area contributed by atoms with E-state index in [0.29, 0.717) is 17.7 Å². The fraction of sp³-hybridized carbons (Fsp3) is 0.350. The summed E-state index contributed by atoms with van der Waals surface area (Å²) in [6, 6.07) is 8.40. The second-order valence-electron chi connectivity index (χ2n) is 7.33. The Hall–Kier alpha value is -3.09. The van der Waals surface area contributed by atoms with E-state index < -0.39 is 0 Å².